The number of thioether (sulfide) groups is 1. The number of benzene rings is 1. The quantitative estimate of drug-likeness (QED) is 0.171. The van der Waals surface area contributed by atoms with Gasteiger partial charge in [0.05, 0.1) is 35.1 Å². The first kappa shape index (κ1) is 25.1. The second-order valence-corrected chi connectivity index (χ2v) is 9.27. The Kier molecular flexibility index (Phi) is 8.64. The number of hydrogen-bond donors (Lipinski definition) is 2. The summed E-state index contributed by atoms with van der Waals surface area (Å²) < 4.78 is 10.7. The van der Waals surface area contributed by atoms with E-state index < -0.39 is 5.25 Å². The number of H-pyrrole nitrogens is 1. The number of amides is 1. The first-order valence-corrected chi connectivity index (χ1v) is 12.2. The average molecular weight is 513 g/mol. The predicted octanol–water partition coefficient (Wildman–Crippen LogP) is 4.53. The van der Waals surface area contributed by atoms with E-state index in [9.17, 15) is 4.79 Å². The number of fused-ring (bicyclic) bond motifs is 1. The number of halogens is 1. The lowest BCUT2D eigenvalue weighted by Gasteiger charge is -2.17. The Hall–Kier alpha value is -3.05. The Morgan fingerprint density at radius 1 is 1.14 bits per heavy atom. The Morgan fingerprint density at radius 3 is 2.77 bits per heavy atom. The number of rotatable bonds is 11. The predicted molar refractivity (Wildman–Crippen MR) is 137 cm³/mol. The summed E-state index contributed by atoms with van der Waals surface area (Å²) in [6.45, 7) is 3.26. The molecule has 0 aliphatic carbocycles. The molecule has 3 heterocycles. The number of pyridine rings is 1. The molecule has 3 aromatic heterocycles. The molecule has 35 heavy (non-hydrogen) atoms. The van der Waals surface area contributed by atoms with E-state index in [1.807, 2.05) is 31.2 Å². The SMILES string of the molecule is COCCOCCC(Sc1nc(-c2ccccc2Cl)nc2[nH]ncc12)C(=O)Nc1ccc(C)cn1. The van der Waals surface area contributed by atoms with Crippen LogP contribution >= 0.6 is 23.4 Å². The van der Waals surface area contributed by atoms with Crippen LogP contribution in [0, 0.1) is 6.92 Å². The number of ether oxygens (including phenoxy) is 2. The van der Waals surface area contributed by atoms with Crippen molar-refractivity contribution < 1.29 is 14.3 Å². The summed E-state index contributed by atoms with van der Waals surface area (Å²) in [5.41, 5.74) is 2.27. The molecule has 0 saturated heterocycles. The molecule has 1 amide bonds. The van der Waals surface area contributed by atoms with Gasteiger partial charge >= 0.3 is 0 Å². The van der Waals surface area contributed by atoms with Crippen molar-refractivity contribution in [3.05, 3.63) is 59.4 Å². The van der Waals surface area contributed by atoms with Gasteiger partial charge in [-0.1, -0.05) is 41.6 Å². The van der Waals surface area contributed by atoms with Crippen LogP contribution in [-0.4, -0.2) is 63.2 Å². The van der Waals surface area contributed by atoms with E-state index in [0.29, 0.717) is 59.1 Å². The van der Waals surface area contributed by atoms with Gasteiger partial charge in [0, 0.05) is 25.5 Å². The van der Waals surface area contributed by atoms with E-state index in [1.54, 1.807) is 31.6 Å². The summed E-state index contributed by atoms with van der Waals surface area (Å²) in [5.74, 6) is 0.737. The van der Waals surface area contributed by atoms with Crippen LogP contribution in [0.2, 0.25) is 5.02 Å². The second-order valence-electron chi connectivity index (χ2n) is 7.67. The molecule has 0 aliphatic heterocycles. The van der Waals surface area contributed by atoms with E-state index in [-0.39, 0.29) is 5.91 Å². The molecule has 1 atom stereocenters. The van der Waals surface area contributed by atoms with Crippen LogP contribution in [0.5, 0.6) is 0 Å². The molecule has 11 heteroatoms. The van der Waals surface area contributed by atoms with Gasteiger partial charge in [0.15, 0.2) is 11.5 Å². The monoisotopic (exact) mass is 512 g/mol. The maximum absolute atomic E-state index is 13.3. The third-order valence-electron chi connectivity index (χ3n) is 5.05. The smallest absolute Gasteiger partial charge is 0.239 e. The van der Waals surface area contributed by atoms with Gasteiger partial charge in [-0.25, -0.2) is 15.0 Å². The molecular weight excluding hydrogens is 488 g/mol. The van der Waals surface area contributed by atoms with Crippen molar-refractivity contribution in [2.24, 2.45) is 0 Å². The van der Waals surface area contributed by atoms with Crippen molar-refractivity contribution in [2.75, 3.05) is 32.2 Å². The Bertz CT molecular complexity index is 1280. The van der Waals surface area contributed by atoms with Crippen LogP contribution in [0.1, 0.15) is 12.0 Å². The maximum atomic E-state index is 13.3. The number of aromatic nitrogens is 5. The summed E-state index contributed by atoms with van der Waals surface area (Å²) in [4.78, 5) is 26.9. The third-order valence-corrected chi connectivity index (χ3v) is 6.65. The first-order chi connectivity index (χ1) is 17.0. The molecule has 4 rings (SSSR count). The highest BCUT2D eigenvalue weighted by Crippen LogP contribution is 2.33. The number of aryl methyl sites for hydroxylation is 1. The van der Waals surface area contributed by atoms with E-state index in [0.717, 1.165) is 10.9 Å². The van der Waals surface area contributed by atoms with Gasteiger partial charge in [-0.2, -0.15) is 5.10 Å². The van der Waals surface area contributed by atoms with Crippen LogP contribution in [0.3, 0.4) is 0 Å². The van der Waals surface area contributed by atoms with Crippen LogP contribution in [0.25, 0.3) is 22.4 Å². The zero-order valence-electron chi connectivity index (χ0n) is 19.3. The lowest BCUT2D eigenvalue weighted by molar-refractivity contribution is -0.116. The zero-order valence-corrected chi connectivity index (χ0v) is 20.9. The fourth-order valence-electron chi connectivity index (χ4n) is 3.22. The van der Waals surface area contributed by atoms with Crippen molar-refractivity contribution in [2.45, 2.75) is 23.6 Å². The molecular formula is C24H25ClN6O3S. The number of aromatic amines is 1. The van der Waals surface area contributed by atoms with Crippen LogP contribution < -0.4 is 5.32 Å². The van der Waals surface area contributed by atoms with Crippen molar-refractivity contribution in [1.29, 1.82) is 0 Å². The summed E-state index contributed by atoms with van der Waals surface area (Å²) in [5, 5.41) is 11.3. The molecule has 0 bridgehead atoms. The van der Waals surface area contributed by atoms with E-state index in [2.05, 4.69) is 25.5 Å². The number of nitrogens with one attached hydrogen (secondary N) is 2. The number of hydrogen-bond acceptors (Lipinski definition) is 8. The lowest BCUT2D eigenvalue weighted by atomic mass is 10.2. The van der Waals surface area contributed by atoms with E-state index in [1.165, 1.54) is 11.8 Å². The molecule has 1 unspecified atom stereocenters. The number of anilines is 1. The third kappa shape index (κ3) is 6.55. The number of carbonyl (C=O) groups is 1. The Balaban J connectivity index is 1.61. The van der Waals surface area contributed by atoms with Gasteiger partial charge in [0.25, 0.3) is 0 Å². The van der Waals surface area contributed by atoms with Crippen molar-refractivity contribution in [3.8, 4) is 11.4 Å². The van der Waals surface area contributed by atoms with Crippen molar-refractivity contribution in [3.63, 3.8) is 0 Å². The summed E-state index contributed by atoms with van der Waals surface area (Å²) in [6.07, 6.45) is 3.82. The lowest BCUT2D eigenvalue weighted by Crippen LogP contribution is -2.27. The second kappa shape index (κ2) is 12.1. The highest BCUT2D eigenvalue weighted by molar-refractivity contribution is 8.00. The minimum absolute atomic E-state index is 0.198. The molecule has 1 aromatic carbocycles. The van der Waals surface area contributed by atoms with Gasteiger partial charge in [-0.3, -0.25) is 9.89 Å². The van der Waals surface area contributed by atoms with Gasteiger partial charge < -0.3 is 14.8 Å². The Morgan fingerprint density at radius 2 is 2.00 bits per heavy atom. The van der Waals surface area contributed by atoms with Gasteiger partial charge in [-0.05, 0) is 37.1 Å². The van der Waals surface area contributed by atoms with E-state index in [4.69, 9.17) is 26.1 Å². The summed E-state index contributed by atoms with van der Waals surface area (Å²) >= 11 is 7.72. The minimum atomic E-state index is -0.507. The molecule has 182 valence electrons. The number of nitrogens with zero attached hydrogens (tertiary/aromatic N) is 4. The van der Waals surface area contributed by atoms with Crippen LogP contribution in [0.15, 0.2) is 53.8 Å². The van der Waals surface area contributed by atoms with Gasteiger partial charge in [-0.15, -0.1) is 0 Å². The molecule has 4 aromatic rings. The van der Waals surface area contributed by atoms with Crippen molar-refractivity contribution in [1.82, 2.24) is 25.1 Å². The van der Waals surface area contributed by atoms with Crippen molar-refractivity contribution >= 4 is 46.1 Å². The number of carbonyl (C=O) groups excluding carboxylic acids is 1. The number of methoxy groups -OCH3 is 1. The average Bonchev–Trinajstić information content (AvgIpc) is 3.34. The topological polar surface area (TPSA) is 115 Å². The minimum Gasteiger partial charge on any atom is -0.382 e. The highest BCUT2D eigenvalue weighted by atomic mass is 35.5. The molecule has 0 saturated carbocycles. The van der Waals surface area contributed by atoms with Crippen LogP contribution in [0.4, 0.5) is 5.82 Å². The first-order valence-electron chi connectivity index (χ1n) is 11.0. The van der Waals surface area contributed by atoms with Gasteiger partial charge in [0.2, 0.25) is 5.91 Å². The highest BCUT2D eigenvalue weighted by Gasteiger charge is 2.24. The summed E-state index contributed by atoms with van der Waals surface area (Å²) in [7, 11) is 1.62. The zero-order chi connectivity index (χ0) is 24.6. The molecule has 9 nitrogen and oxygen atoms in total. The molecule has 2 N–H and O–H groups in total. The van der Waals surface area contributed by atoms with Gasteiger partial charge in [0.1, 0.15) is 10.8 Å². The molecule has 0 fully saturated rings. The summed E-state index contributed by atoms with van der Waals surface area (Å²) in [6, 6.07) is 11.0. The fraction of sp³-hybridized carbons (Fsp3) is 0.292. The largest absolute Gasteiger partial charge is 0.382 e. The molecule has 0 aliphatic rings. The Labute approximate surface area is 212 Å². The van der Waals surface area contributed by atoms with Crippen LogP contribution in [-0.2, 0) is 14.3 Å². The fourth-order valence-corrected chi connectivity index (χ4v) is 4.51. The van der Waals surface area contributed by atoms with E-state index >= 15 is 0 Å². The molecule has 0 spiro atoms. The normalized spacial score (nSPS) is 12.1. The standard InChI is InChI=1S/C24H25ClN6O3S/c1-15-7-8-20(26-13-15)28-23(32)19(9-10-34-12-11-33-2)35-24-17-14-27-31-22(17)29-21(30-24)16-5-3-4-6-18(16)25/h3-8,13-14,19H,9-12H2,1-2H3,(H,26,28,32)(H,27,29,30,31). The maximum Gasteiger partial charge on any atom is 0.239 e. The molecule has 0 radical (unpaired) electrons.